The van der Waals surface area contributed by atoms with Gasteiger partial charge in [-0.3, -0.25) is 0 Å². The van der Waals surface area contributed by atoms with E-state index in [1.54, 1.807) is 0 Å². The molecule has 2 unspecified atom stereocenters. The van der Waals surface area contributed by atoms with E-state index in [-0.39, 0.29) is 10.6 Å². The molecule has 0 bridgehead atoms. The zero-order valence-corrected chi connectivity index (χ0v) is 11.4. The van der Waals surface area contributed by atoms with E-state index in [4.69, 9.17) is 5.73 Å². The highest BCUT2D eigenvalue weighted by Gasteiger charge is 2.26. The zero-order chi connectivity index (χ0) is 13.1. The summed E-state index contributed by atoms with van der Waals surface area (Å²) in [5.74, 6) is -0.490. The fourth-order valence-electron chi connectivity index (χ4n) is 2.64. The first kappa shape index (κ1) is 13.7. The summed E-state index contributed by atoms with van der Waals surface area (Å²) >= 11 is 1.35. The third kappa shape index (κ3) is 2.97. The maximum absolute atomic E-state index is 13.8. The van der Waals surface area contributed by atoms with E-state index in [0.717, 1.165) is 19.3 Å². The summed E-state index contributed by atoms with van der Waals surface area (Å²) in [4.78, 5) is 0.134. The summed E-state index contributed by atoms with van der Waals surface area (Å²) in [7, 11) is 0. The van der Waals surface area contributed by atoms with Crippen molar-refractivity contribution in [2.75, 3.05) is 5.73 Å². The van der Waals surface area contributed by atoms with Crippen LogP contribution in [0.5, 0.6) is 0 Å². The van der Waals surface area contributed by atoms with Gasteiger partial charge in [0.2, 0.25) is 0 Å². The molecule has 100 valence electrons. The molecule has 1 aromatic carbocycles. The number of hydrogen-bond acceptors (Lipinski definition) is 2. The predicted octanol–water partition coefficient (Wildman–Crippen LogP) is 4.61. The van der Waals surface area contributed by atoms with E-state index in [2.05, 4.69) is 6.92 Å². The molecule has 1 fully saturated rings. The highest BCUT2D eigenvalue weighted by atomic mass is 32.2. The second-order valence-electron chi connectivity index (χ2n) is 4.92. The van der Waals surface area contributed by atoms with Crippen molar-refractivity contribution >= 4 is 17.4 Å². The highest BCUT2D eigenvalue weighted by molar-refractivity contribution is 8.00. The lowest BCUT2D eigenvalue weighted by Crippen LogP contribution is -2.21. The number of anilines is 1. The molecule has 0 heterocycles. The average Bonchev–Trinajstić information content (AvgIpc) is 2.34. The third-order valence-corrected chi connectivity index (χ3v) is 5.20. The van der Waals surface area contributed by atoms with Gasteiger partial charge in [0, 0.05) is 10.9 Å². The number of halogens is 2. The fraction of sp³-hybridized carbons (Fsp3) is 0.571. The van der Waals surface area contributed by atoms with Gasteiger partial charge in [-0.2, -0.15) is 0 Å². The molecular formula is C14H19F2NS. The van der Waals surface area contributed by atoms with Crippen LogP contribution in [0, 0.1) is 17.6 Å². The summed E-state index contributed by atoms with van der Waals surface area (Å²) in [6, 6.07) is 2.41. The summed E-state index contributed by atoms with van der Waals surface area (Å²) < 4.78 is 27.5. The number of hydrogen-bond donors (Lipinski definition) is 1. The van der Waals surface area contributed by atoms with Crippen molar-refractivity contribution in [1.29, 1.82) is 0 Å². The Kier molecular flexibility index (Phi) is 4.49. The molecule has 18 heavy (non-hydrogen) atoms. The summed E-state index contributed by atoms with van der Waals surface area (Å²) in [6.45, 7) is 2.15. The van der Waals surface area contributed by atoms with E-state index < -0.39 is 11.6 Å². The maximum Gasteiger partial charge on any atom is 0.141 e. The number of rotatable bonds is 3. The molecule has 1 aliphatic carbocycles. The van der Waals surface area contributed by atoms with Gasteiger partial charge in [0.15, 0.2) is 0 Å². The normalized spacial score (nSPS) is 24.2. The zero-order valence-electron chi connectivity index (χ0n) is 10.6. The minimum absolute atomic E-state index is 0.134. The number of thioether (sulfide) groups is 1. The minimum Gasteiger partial charge on any atom is -0.399 e. The van der Waals surface area contributed by atoms with Crippen LogP contribution in [0.3, 0.4) is 0 Å². The van der Waals surface area contributed by atoms with Gasteiger partial charge in [-0.05, 0) is 30.9 Å². The summed E-state index contributed by atoms with van der Waals surface area (Å²) in [6.07, 6.45) is 5.70. The Morgan fingerprint density at radius 1 is 1.22 bits per heavy atom. The molecule has 0 radical (unpaired) electrons. The number of nitrogens with two attached hydrogens (primary N) is 1. The molecule has 0 aromatic heterocycles. The molecule has 1 saturated carbocycles. The van der Waals surface area contributed by atoms with Gasteiger partial charge in [-0.25, -0.2) is 8.78 Å². The van der Waals surface area contributed by atoms with E-state index in [1.165, 1.54) is 36.7 Å². The van der Waals surface area contributed by atoms with Gasteiger partial charge in [-0.15, -0.1) is 11.8 Å². The maximum atomic E-state index is 13.8. The lowest BCUT2D eigenvalue weighted by molar-refractivity contribution is 0.360. The molecule has 0 aliphatic heterocycles. The van der Waals surface area contributed by atoms with Gasteiger partial charge in [0.05, 0.1) is 4.90 Å². The van der Waals surface area contributed by atoms with Crippen LogP contribution in [-0.4, -0.2) is 5.25 Å². The molecule has 2 atom stereocenters. The Bertz CT molecular complexity index is 399. The van der Waals surface area contributed by atoms with Crippen molar-refractivity contribution in [3.8, 4) is 0 Å². The molecule has 0 saturated heterocycles. The van der Waals surface area contributed by atoms with Gasteiger partial charge in [0.1, 0.15) is 11.6 Å². The fourth-order valence-corrected chi connectivity index (χ4v) is 4.09. The summed E-state index contributed by atoms with van der Waals surface area (Å²) in [5.41, 5.74) is 5.57. The minimum atomic E-state index is -0.530. The second-order valence-corrected chi connectivity index (χ2v) is 6.17. The Labute approximate surface area is 111 Å². The van der Waals surface area contributed by atoms with Crippen LogP contribution in [0.15, 0.2) is 17.0 Å². The van der Waals surface area contributed by atoms with E-state index in [9.17, 15) is 8.78 Å². The molecule has 1 aromatic rings. The van der Waals surface area contributed by atoms with Crippen molar-refractivity contribution in [3.05, 3.63) is 23.8 Å². The van der Waals surface area contributed by atoms with Crippen LogP contribution in [-0.2, 0) is 0 Å². The molecule has 2 rings (SSSR count). The van der Waals surface area contributed by atoms with Gasteiger partial charge >= 0.3 is 0 Å². The monoisotopic (exact) mass is 271 g/mol. The molecule has 0 spiro atoms. The lowest BCUT2D eigenvalue weighted by Gasteiger charge is -2.30. The molecule has 1 nitrogen and oxygen atoms in total. The molecular weight excluding hydrogens is 252 g/mol. The SMILES string of the molecule is CCC1CCCCC1Sc1c(F)cc(N)cc1F. The van der Waals surface area contributed by atoms with Crippen molar-refractivity contribution in [3.63, 3.8) is 0 Å². The van der Waals surface area contributed by atoms with Crippen LogP contribution in [0.25, 0.3) is 0 Å². The highest BCUT2D eigenvalue weighted by Crippen LogP contribution is 2.41. The molecule has 0 amide bonds. The van der Waals surface area contributed by atoms with E-state index >= 15 is 0 Å². The van der Waals surface area contributed by atoms with Crippen LogP contribution in [0.2, 0.25) is 0 Å². The largest absolute Gasteiger partial charge is 0.399 e. The van der Waals surface area contributed by atoms with Crippen molar-refractivity contribution < 1.29 is 8.78 Å². The first-order chi connectivity index (χ1) is 8.61. The van der Waals surface area contributed by atoms with Crippen molar-refractivity contribution in [2.24, 2.45) is 5.92 Å². The van der Waals surface area contributed by atoms with Crippen molar-refractivity contribution in [1.82, 2.24) is 0 Å². The van der Waals surface area contributed by atoms with Crippen LogP contribution < -0.4 is 5.73 Å². The van der Waals surface area contributed by atoms with E-state index in [1.807, 2.05) is 0 Å². The molecule has 2 N–H and O–H groups in total. The van der Waals surface area contributed by atoms with E-state index in [0.29, 0.717) is 11.2 Å². The predicted molar refractivity (Wildman–Crippen MR) is 72.7 cm³/mol. The first-order valence-electron chi connectivity index (χ1n) is 6.53. The Hall–Kier alpha value is -0.770. The Balaban J connectivity index is 2.17. The summed E-state index contributed by atoms with van der Waals surface area (Å²) in [5, 5.41) is 0.330. The third-order valence-electron chi connectivity index (χ3n) is 3.65. The number of nitrogen functional groups attached to an aromatic ring is 1. The molecule has 1 aliphatic rings. The van der Waals surface area contributed by atoms with Gasteiger partial charge in [0.25, 0.3) is 0 Å². The topological polar surface area (TPSA) is 26.0 Å². The average molecular weight is 271 g/mol. The smallest absolute Gasteiger partial charge is 0.141 e. The van der Waals surface area contributed by atoms with Crippen LogP contribution in [0.4, 0.5) is 14.5 Å². The molecule has 4 heteroatoms. The van der Waals surface area contributed by atoms with Gasteiger partial charge in [-0.1, -0.05) is 26.2 Å². The van der Waals surface area contributed by atoms with Crippen LogP contribution in [0.1, 0.15) is 39.0 Å². The van der Waals surface area contributed by atoms with Crippen molar-refractivity contribution in [2.45, 2.75) is 49.2 Å². The van der Waals surface area contributed by atoms with Crippen LogP contribution >= 0.6 is 11.8 Å². The number of benzene rings is 1. The Morgan fingerprint density at radius 3 is 2.44 bits per heavy atom. The quantitative estimate of drug-likeness (QED) is 0.812. The first-order valence-corrected chi connectivity index (χ1v) is 7.41. The Morgan fingerprint density at radius 2 is 1.83 bits per heavy atom. The second kappa shape index (κ2) is 5.91. The standard InChI is InChI=1S/C14H19F2NS/c1-2-9-5-3-4-6-13(9)18-14-11(15)7-10(17)8-12(14)16/h7-9,13H,2-6,17H2,1H3. The van der Waals surface area contributed by atoms with Gasteiger partial charge < -0.3 is 5.73 Å². The lowest BCUT2D eigenvalue weighted by atomic mass is 9.87.